The van der Waals surface area contributed by atoms with Crippen molar-refractivity contribution in [2.45, 2.75) is 46.3 Å². The minimum Gasteiger partial charge on any atom is -0.444 e. The van der Waals surface area contributed by atoms with Crippen LogP contribution in [-0.2, 0) is 11.3 Å². The minimum atomic E-state index is -0.456. The Morgan fingerprint density at radius 3 is 2.32 bits per heavy atom. The van der Waals surface area contributed by atoms with Crippen molar-refractivity contribution in [2.24, 2.45) is 0 Å². The van der Waals surface area contributed by atoms with E-state index in [4.69, 9.17) is 4.74 Å². The van der Waals surface area contributed by atoms with E-state index in [-0.39, 0.29) is 6.09 Å². The summed E-state index contributed by atoms with van der Waals surface area (Å²) < 4.78 is 6.46. The monoisotopic (exact) mass is 327 g/mol. The number of hydrogen-bond donors (Lipinski definition) is 0. The molecule has 0 aromatic heterocycles. The number of benzene rings is 1. The Labute approximate surface area is 124 Å². The zero-order valence-electron chi connectivity index (χ0n) is 12.1. The molecule has 0 bridgehead atoms. The molecule has 1 aromatic rings. The summed E-state index contributed by atoms with van der Waals surface area (Å²) in [5, 5.41) is 0. The first-order chi connectivity index (χ1) is 8.81. The number of nitrogens with zero attached hydrogens (tertiary/aromatic N) is 1. The SMILES string of the molecule is CCCN(Cc1ccc(Br)cc1)C(=O)OC(C)(C)C. The van der Waals surface area contributed by atoms with Gasteiger partial charge in [-0.2, -0.15) is 0 Å². The van der Waals surface area contributed by atoms with E-state index in [2.05, 4.69) is 22.9 Å². The molecule has 1 aromatic carbocycles. The van der Waals surface area contributed by atoms with Crippen LogP contribution in [0.5, 0.6) is 0 Å². The van der Waals surface area contributed by atoms with Crippen LogP contribution in [0.3, 0.4) is 0 Å². The fourth-order valence-electron chi connectivity index (χ4n) is 1.64. The molecule has 0 heterocycles. The normalized spacial score (nSPS) is 11.2. The zero-order valence-corrected chi connectivity index (χ0v) is 13.7. The fraction of sp³-hybridized carbons (Fsp3) is 0.533. The molecule has 4 heteroatoms. The number of rotatable bonds is 4. The highest BCUT2D eigenvalue weighted by Crippen LogP contribution is 2.15. The highest BCUT2D eigenvalue weighted by Gasteiger charge is 2.21. The smallest absolute Gasteiger partial charge is 0.410 e. The second-order valence-electron chi connectivity index (χ2n) is 5.53. The van der Waals surface area contributed by atoms with Gasteiger partial charge in [0.15, 0.2) is 0 Å². The Hall–Kier alpha value is -1.03. The molecule has 0 N–H and O–H groups in total. The molecule has 19 heavy (non-hydrogen) atoms. The number of hydrogen-bond acceptors (Lipinski definition) is 2. The van der Waals surface area contributed by atoms with E-state index in [0.29, 0.717) is 13.1 Å². The van der Waals surface area contributed by atoms with E-state index in [9.17, 15) is 4.79 Å². The highest BCUT2D eigenvalue weighted by molar-refractivity contribution is 9.10. The lowest BCUT2D eigenvalue weighted by atomic mass is 10.2. The maximum absolute atomic E-state index is 12.1. The van der Waals surface area contributed by atoms with Crippen LogP contribution in [0.2, 0.25) is 0 Å². The molecular formula is C15H22BrNO2. The standard InChI is InChI=1S/C15H22BrNO2/c1-5-10-17(14(18)19-15(2,3)4)11-12-6-8-13(16)9-7-12/h6-9H,5,10-11H2,1-4H3. The van der Waals surface area contributed by atoms with Gasteiger partial charge in [0.2, 0.25) is 0 Å². The molecule has 0 aliphatic rings. The Balaban J connectivity index is 2.72. The van der Waals surface area contributed by atoms with Crippen molar-refractivity contribution in [3.8, 4) is 0 Å². The van der Waals surface area contributed by atoms with Crippen molar-refractivity contribution < 1.29 is 9.53 Å². The average Bonchev–Trinajstić information content (AvgIpc) is 2.29. The summed E-state index contributed by atoms with van der Waals surface area (Å²) in [6, 6.07) is 7.98. The van der Waals surface area contributed by atoms with Crippen molar-refractivity contribution in [3.63, 3.8) is 0 Å². The van der Waals surface area contributed by atoms with Crippen molar-refractivity contribution in [1.29, 1.82) is 0 Å². The summed E-state index contributed by atoms with van der Waals surface area (Å²) in [6.45, 7) is 8.98. The molecule has 0 aliphatic heterocycles. The van der Waals surface area contributed by atoms with Crippen LogP contribution in [-0.4, -0.2) is 23.1 Å². The van der Waals surface area contributed by atoms with Crippen molar-refractivity contribution in [1.82, 2.24) is 4.90 Å². The van der Waals surface area contributed by atoms with Crippen LogP contribution in [0.15, 0.2) is 28.7 Å². The summed E-state index contributed by atoms with van der Waals surface area (Å²) in [7, 11) is 0. The molecule has 1 amide bonds. The third kappa shape index (κ3) is 6.10. The van der Waals surface area contributed by atoms with E-state index in [0.717, 1.165) is 16.5 Å². The molecule has 0 saturated heterocycles. The molecule has 0 atom stereocenters. The zero-order chi connectivity index (χ0) is 14.5. The first-order valence-corrected chi connectivity index (χ1v) is 7.33. The minimum absolute atomic E-state index is 0.253. The Morgan fingerprint density at radius 2 is 1.84 bits per heavy atom. The lowest BCUT2D eigenvalue weighted by molar-refractivity contribution is 0.0233. The largest absolute Gasteiger partial charge is 0.444 e. The van der Waals surface area contributed by atoms with Crippen molar-refractivity contribution in [2.75, 3.05) is 6.54 Å². The van der Waals surface area contributed by atoms with Crippen molar-refractivity contribution >= 4 is 22.0 Å². The fourth-order valence-corrected chi connectivity index (χ4v) is 1.91. The quantitative estimate of drug-likeness (QED) is 0.809. The summed E-state index contributed by atoms with van der Waals surface area (Å²) >= 11 is 3.41. The van der Waals surface area contributed by atoms with Gasteiger partial charge in [0, 0.05) is 17.6 Å². The Kier molecular flexibility index (Phi) is 5.85. The van der Waals surface area contributed by atoms with E-state index >= 15 is 0 Å². The number of carbonyl (C=O) groups excluding carboxylic acids is 1. The van der Waals surface area contributed by atoms with E-state index in [1.165, 1.54) is 0 Å². The number of ether oxygens (including phenoxy) is 1. The van der Waals surface area contributed by atoms with Gasteiger partial charge >= 0.3 is 6.09 Å². The third-order valence-corrected chi connectivity index (χ3v) is 2.96. The van der Waals surface area contributed by atoms with Gasteiger partial charge in [-0.15, -0.1) is 0 Å². The second-order valence-corrected chi connectivity index (χ2v) is 6.44. The van der Waals surface area contributed by atoms with Gasteiger partial charge in [0.25, 0.3) is 0 Å². The summed E-state index contributed by atoms with van der Waals surface area (Å²) in [5.41, 5.74) is 0.644. The van der Waals surface area contributed by atoms with Crippen LogP contribution >= 0.6 is 15.9 Å². The van der Waals surface area contributed by atoms with Gasteiger partial charge in [-0.25, -0.2) is 4.79 Å². The summed E-state index contributed by atoms with van der Waals surface area (Å²) in [4.78, 5) is 13.9. The first kappa shape index (κ1) is 16.0. The van der Waals surface area contributed by atoms with Crippen LogP contribution in [0, 0.1) is 0 Å². The number of amides is 1. The lowest BCUT2D eigenvalue weighted by Gasteiger charge is -2.27. The lowest BCUT2D eigenvalue weighted by Crippen LogP contribution is -2.36. The number of carbonyl (C=O) groups is 1. The third-order valence-electron chi connectivity index (χ3n) is 2.43. The molecule has 106 valence electrons. The van der Waals surface area contributed by atoms with Gasteiger partial charge < -0.3 is 9.64 Å². The van der Waals surface area contributed by atoms with Gasteiger partial charge in [-0.05, 0) is 44.9 Å². The average molecular weight is 328 g/mol. The molecular weight excluding hydrogens is 306 g/mol. The molecule has 0 aliphatic carbocycles. The summed E-state index contributed by atoms with van der Waals surface area (Å²) in [5.74, 6) is 0. The van der Waals surface area contributed by atoms with Gasteiger partial charge in [0.1, 0.15) is 5.60 Å². The molecule has 0 radical (unpaired) electrons. The van der Waals surface area contributed by atoms with Crippen LogP contribution in [0.4, 0.5) is 4.79 Å². The molecule has 0 saturated carbocycles. The molecule has 3 nitrogen and oxygen atoms in total. The Morgan fingerprint density at radius 1 is 1.26 bits per heavy atom. The van der Waals surface area contributed by atoms with E-state index in [1.54, 1.807) is 4.90 Å². The molecule has 0 unspecified atom stereocenters. The van der Waals surface area contributed by atoms with Crippen LogP contribution in [0.25, 0.3) is 0 Å². The maximum atomic E-state index is 12.1. The number of halogens is 1. The second kappa shape index (κ2) is 6.94. The van der Waals surface area contributed by atoms with E-state index in [1.807, 2.05) is 45.0 Å². The molecule has 0 spiro atoms. The van der Waals surface area contributed by atoms with Crippen LogP contribution in [0.1, 0.15) is 39.7 Å². The van der Waals surface area contributed by atoms with E-state index < -0.39 is 5.60 Å². The first-order valence-electron chi connectivity index (χ1n) is 6.54. The maximum Gasteiger partial charge on any atom is 0.410 e. The predicted octanol–water partition coefficient (Wildman–Crippen LogP) is 4.60. The summed E-state index contributed by atoms with van der Waals surface area (Å²) in [6.07, 6.45) is 0.660. The topological polar surface area (TPSA) is 29.5 Å². The molecule has 0 fully saturated rings. The predicted molar refractivity (Wildman–Crippen MR) is 81.1 cm³/mol. The van der Waals surface area contributed by atoms with Crippen molar-refractivity contribution in [3.05, 3.63) is 34.3 Å². The van der Waals surface area contributed by atoms with Gasteiger partial charge in [-0.3, -0.25) is 0 Å². The Bertz CT molecular complexity index is 409. The molecule has 1 rings (SSSR count). The van der Waals surface area contributed by atoms with Crippen LogP contribution < -0.4 is 0 Å². The van der Waals surface area contributed by atoms with Gasteiger partial charge in [-0.1, -0.05) is 35.0 Å². The highest BCUT2D eigenvalue weighted by atomic mass is 79.9. The van der Waals surface area contributed by atoms with Gasteiger partial charge in [0.05, 0.1) is 0 Å².